The molecular formula is C15H12BrN3OS. The van der Waals surface area contributed by atoms with Crippen molar-refractivity contribution in [1.29, 1.82) is 0 Å². The summed E-state index contributed by atoms with van der Waals surface area (Å²) in [4.78, 5) is 12.2. The zero-order valence-corrected chi connectivity index (χ0v) is 13.6. The van der Waals surface area contributed by atoms with Crippen LogP contribution in [0.1, 0.15) is 16.1 Å². The molecule has 0 spiro atoms. The van der Waals surface area contributed by atoms with Gasteiger partial charge in [0, 0.05) is 15.4 Å². The largest absolute Gasteiger partial charge is 0.320 e. The fourth-order valence-electron chi connectivity index (χ4n) is 1.88. The van der Waals surface area contributed by atoms with Gasteiger partial charge in [0.1, 0.15) is 5.69 Å². The number of nitrogens with one attached hydrogen (secondary N) is 2. The van der Waals surface area contributed by atoms with Crippen molar-refractivity contribution in [3.63, 3.8) is 0 Å². The predicted octanol–water partition coefficient (Wildman–Crippen LogP) is 4.46. The molecule has 3 rings (SSSR count). The van der Waals surface area contributed by atoms with E-state index in [1.54, 1.807) is 17.4 Å². The van der Waals surface area contributed by atoms with Gasteiger partial charge in [-0.25, -0.2) is 0 Å². The lowest BCUT2D eigenvalue weighted by Crippen LogP contribution is -2.12. The molecule has 2 heterocycles. The van der Waals surface area contributed by atoms with E-state index in [-0.39, 0.29) is 5.91 Å². The maximum atomic E-state index is 12.2. The molecule has 0 aliphatic heterocycles. The summed E-state index contributed by atoms with van der Waals surface area (Å²) in [6.07, 6.45) is 0. The Hall–Kier alpha value is -1.92. The maximum absolute atomic E-state index is 12.2. The van der Waals surface area contributed by atoms with Gasteiger partial charge in [0.15, 0.2) is 0 Å². The van der Waals surface area contributed by atoms with Crippen LogP contribution in [0.15, 0.2) is 45.6 Å². The maximum Gasteiger partial charge on any atom is 0.273 e. The van der Waals surface area contributed by atoms with Crippen molar-refractivity contribution < 1.29 is 4.79 Å². The number of halogens is 1. The number of aromatic amines is 1. The lowest BCUT2D eigenvalue weighted by Gasteiger charge is -2.01. The van der Waals surface area contributed by atoms with Crippen molar-refractivity contribution in [3.8, 4) is 11.3 Å². The van der Waals surface area contributed by atoms with Gasteiger partial charge in [-0.15, -0.1) is 11.3 Å². The van der Waals surface area contributed by atoms with Crippen molar-refractivity contribution in [2.24, 2.45) is 0 Å². The van der Waals surface area contributed by atoms with E-state index in [1.165, 1.54) is 0 Å². The van der Waals surface area contributed by atoms with Crippen LogP contribution in [-0.2, 0) is 0 Å². The van der Waals surface area contributed by atoms with Crippen molar-refractivity contribution in [1.82, 2.24) is 10.2 Å². The summed E-state index contributed by atoms with van der Waals surface area (Å²) >= 11 is 4.96. The average molecular weight is 362 g/mol. The Morgan fingerprint density at radius 2 is 2.05 bits per heavy atom. The minimum atomic E-state index is -0.188. The highest BCUT2D eigenvalue weighted by Crippen LogP contribution is 2.22. The molecule has 0 aliphatic carbocycles. The van der Waals surface area contributed by atoms with Crippen LogP contribution >= 0.6 is 27.3 Å². The monoisotopic (exact) mass is 361 g/mol. The van der Waals surface area contributed by atoms with Crippen LogP contribution in [0.25, 0.3) is 11.3 Å². The first-order valence-electron chi connectivity index (χ1n) is 6.29. The number of benzene rings is 1. The molecule has 1 aromatic carbocycles. The first-order chi connectivity index (χ1) is 10.1. The lowest BCUT2D eigenvalue weighted by atomic mass is 10.1. The molecule has 0 aliphatic rings. The van der Waals surface area contributed by atoms with E-state index in [4.69, 9.17) is 0 Å². The summed E-state index contributed by atoms with van der Waals surface area (Å²) in [5.74, 6) is -0.188. The van der Waals surface area contributed by atoms with Crippen LogP contribution < -0.4 is 5.32 Å². The number of anilines is 1. The van der Waals surface area contributed by atoms with Gasteiger partial charge in [-0.3, -0.25) is 9.89 Å². The lowest BCUT2D eigenvalue weighted by molar-refractivity contribution is 0.102. The van der Waals surface area contributed by atoms with Crippen molar-refractivity contribution in [2.75, 3.05) is 5.32 Å². The molecule has 0 fully saturated rings. The number of H-pyrrole nitrogens is 1. The first kappa shape index (κ1) is 14.0. The third-order valence-electron chi connectivity index (χ3n) is 3.07. The predicted molar refractivity (Wildman–Crippen MR) is 88.7 cm³/mol. The Kier molecular flexibility index (Phi) is 3.90. The highest BCUT2D eigenvalue weighted by atomic mass is 79.9. The second-order valence-corrected chi connectivity index (χ2v) is 6.26. The summed E-state index contributed by atoms with van der Waals surface area (Å²) in [5, 5.41) is 13.8. The van der Waals surface area contributed by atoms with E-state index in [1.807, 2.05) is 41.9 Å². The molecule has 21 heavy (non-hydrogen) atoms. The van der Waals surface area contributed by atoms with E-state index in [2.05, 4.69) is 31.4 Å². The summed E-state index contributed by atoms with van der Waals surface area (Å²) in [7, 11) is 0. The molecular weight excluding hydrogens is 350 g/mol. The molecule has 0 saturated heterocycles. The molecule has 2 N–H and O–H groups in total. The van der Waals surface area contributed by atoms with Crippen LogP contribution in [0.3, 0.4) is 0 Å². The quantitative estimate of drug-likeness (QED) is 0.723. The van der Waals surface area contributed by atoms with Gasteiger partial charge in [-0.1, -0.05) is 28.1 Å². The number of carbonyl (C=O) groups excluding carboxylic acids is 1. The topological polar surface area (TPSA) is 57.8 Å². The molecule has 0 radical (unpaired) electrons. The molecule has 2 aromatic heterocycles. The van der Waals surface area contributed by atoms with E-state index in [9.17, 15) is 4.79 Å². The molecule has 1 amide bonds. The second kappa shape index (κ2) is 5.83. The number of nitrogens with zero attached hydrogens (tertiary/aromatic N) is 1. The number of carbonyl (C=O) groups is 1. The smallest absolute Gasteiger partial charge is 0.273 e. The molecule has 106 valence electrons. The molecule has 0 bridgehead atoms. The zero-order valence-electron chi connectivity index (χ0n) is 11.2. The summed E-state index contributed by atoms with van der Waals surface area (Å²) in [5.41, 5.74) is 4.04. The van der Waals surface area contributed by atoms with Crippen LogP contribution in [0, 0.1) is 6.92 Å². The van der Waals surface area contributed by atoms with Crippen LogP contribution in [0.5, 0.6) is 0 Å². The summed E-state index contributed by atoms with van der Waals surface area (Å²) < 4.78 is 1.01. The minimum Gasteiger partial charge on any atom is -0.320 e. The van der Waals surface area contributed by atoms with Gasteiger partial charge in [0.05, 0.1) is 11.4 Å². The van der Waals surface area contributed by atoms with E-state index in [0.717, 1.165) is 27.0 Å². The Balaban J connectivity index is 1.80. The summed E-state index contributed by atoms with van der Waals surface area (Å²) in [6, 6.07) is 9.53. The number of hydrogen-bond acceptors (Lipinski definition) is 3. The van der Waals surface area contributed by atoms with Gasteiger partial charge in [-0.2, -0.15) is 5.10 Å². The Morgan fingerprint density at radius 3 is 2.71 bits per heavy atom. The Morgan fingerprint density at radius 1 is 1.29 bits per heavy atom. The average Bonchev–Trinajstić information content (AvgIpc) is 3.10. The molecule has 4 nitrogen and oxygen atoms in total. The van der Waals surface area contributed by atoms with Gasteiger partial charge in [0.2, 0.25) is 0 Å². The van der Waals surface area contributed by atoms with E-state index in [0.29, 0.717) is 5.69 Å². The number of amides is 1. The number of thiophene rings is 1. The first-order valence-corrected chi connectivity index (χ1v) is 8.02. The standard InChI is InChI=1S/C15H12BrN3OS/c1-9-7-21-8-14(9)17-15(20)13-6-12(18-19-13)10-2-4-11(16)5-3-10/h2-8H,1H3,(H,17,20)(H,18,19). The third-order valence-corrected chi connectivity index (χ3v) is 4.46. The van der Waals surface area contributed by atoms with Crippen molar-refractivity contribution in [3.05, 3.63) is 56.8 Å². The van der Waals surface area contributed by atoms with Crippen molar-refractivity contribution >= 4 is 38.9 Å². The van der Waals surface area contributed by atoms with Gasteiger partial charge < -0.3 is 5.32 Å². The Bertz CT molecular complexity index is 776. The number of hydrogen-bond donors (Lipinski definition) is 2. The SMILES string of the molecule is Cc1cscc1NC(=O)c1cc(-c2ccc(Br)cc2)n[nH]1. The second-order valence-electron chi connectivity index (χ2n) is 4.60. The Labute approximate surface area is 134 Å². The molecule has 3 aromatic rings. The van der Waals surface area contributed by atoms with Crippen LogP contribution in [-0.4, -0.2) is 16.1 Å². The molecule has 6 heteroatoms. The minimum absolute atomic E-state index is 0.188. The molecule has 0 atom stereocenters. The fourth-order valence-corrected chi connectivity index (χ4v) is 2.93. The highest BCUT2D eigenvalue weighted by Gasteiger charge is 2.12. The number of rotatable bonds is 3. The van der Waals surface area contributed by atoms with E-state index < -0.39 is 0 Å². The zero-order chi connectivity index (χ0) is 14.8. The summed E-state index contributed by atoms with van der Waals surface area (Å²) in [6.45, 7) is 1.96. The van der Waals surface area contributed by atoms with E-state index >= 15 is 0 Å². The third kappa shape index (κ3) is 3.06. The normalized spacial score (nSPS) is 10.6. The van der Waals surface area contributed by atoms with Crippen LogP contribution in [0.2, 0.25) is 0 Å². The van der Waals surface area contributed by atoms with Gasteiger partial charge in [-0.05, 0) is 36.1 Å². The highest BCUT2D eigenvalue weighted by molar-refractivity contribution is 9.10. The molecule has 0 saturated carbocycles. The van der Waals surface area contributed by atoms with Gasteiger partial charge in [0.25, 0.3) is 5.91 Å². The number of aromatic nitrogens is 2. The molecule has 0 unspecified atom stereocenters. The number of aryl methyl sites for hydroxylation is 1. The fraction of sp³-hybridized carbons (Fsp3) is 0.0667. The van der Waals surface area contributed by atoms with Gasteiger partial charge >= 0.3 is 0 Å². The van der Waals surface area contributed by atoms with Crippen molar-refractivity contribution in [2.45, 2.75) is 6.92 Å². The van der Waals surface area contributed by atoms with Crippen LogP contribution in [0.4, 0.5) is 5.69 Å².